The number of carbonyl (C=O) groups excluding carboxylic acids is 2. The number of aromatic nitrogens is 1. The highest BCUT2D eigenvalue weighted by molar-refractivity contribution is 7.13. The molecule has 4 N–H and O–H groups in total. The molecule has 2 heterocycles. The molecule has 2 atom stereocenters. The molecule has 1 aromatic heterocycles. The molecule has 1 aromatic carbocycles. The summed E-state index contributed by atoms with van der Waals surface area (Å²) in [6.07, 6.45) is 1.47. The minimum Gasteiger partial charge on any atom is -0.378 e. The Kier molecular flexibility index (Phi) is 13.6. The first-order valence-electron chi connectivity index (χ1n) is 14.5. The van der Waals surface area contributed by atoms with Gasteiger partial charge in [0.25, 0.3) is 0 Å². The van der Waals surface area contributed by atoms with E-state index in [1.807, 2.05) is 45.3 Å². The Morgan fingerprint density at radius 3 is 2.34 bits per heavy atom. The second kappa shape index (κ2) is 16.9. The average Bonchev–Trinajstić information content (AvgIpc) is 3.61. The molecule has 228 valence electrons. The third-order valence-corrected chi connectivity index (χ3v) is 7.96. The highest BCUT2D eigenvalue weighted by Crippen LogP contribution is 2.28. The monoisotopic (exact) mass is 589 g/mol. The Morgan fingerprint density at radius 1 is 1.07 bits per heavy atom. The van der Waals surface area contributed by atoms with Gasteiger partial charge in [0.1, 0.15) is 6.04 Å². The summed E-state index contributed by atoms with van der Waals surface area (Å²) in [7, 11) is 0. The summed E-state index contributed by atoms with van der Waals surface area (Å²) in [5, 5.41) is 6.43. The number of nitrogens with two attached hydrogens (primary N) is 1. The van der Waals surface area contributed by atoms with Gasteiger partial charge in [-0.2, -0.15) is 0 Å². The van der Waals surface area contributed by atoms with E-state index >= 15 is 0 Å². The van der Waals surface area contributed by atoms with Crippen molar-refractivity contribution < 1.29 is 23.8 Å². The van der Waals surface area contributed by atoms with E-state index in [4.69, 9.17) is 19.9 Å². The number of amides is 2. The van der Waals surface area contributed by atoms with Crippen LogP contribution in [0.3, 0.4) is 0 Å². The number of carbonyl (C=O) groups is 2. The molecule has 0 radical (unpaired) electrons. The van der Waals surface area contributed by atoms with Gasteiger partial charge in [-0.05, 0) is 36.3 Å². The highest BCUT2D eigenvalue weighted by Gasteiger charge is 2.40. The van der Waals surface area contributed by atoms with Crippen LogP contribution in [0.1, 0.15) is 44.9 Å². The summed E-state index contributed by atoms with van der Waals surface area (Å²) in [4.78, 5) is 34.1. The molecule has 2 amide bonds. The van der Waals surface area contributed by atoms with E-state index in [1.165, 1.54) is 0 Å². The Labute approximate surface area is 248 Å². The standard InChI is InChI=1S/C30H47N5O5S/c1-22-26(41-21-34-22)24-9-7-23(8-10-24)20-33-28(36)25-6-5-13-35(25)29(37)27(30(2,3)4)32-12-15-39-17-19-40-18-16-38-14-11-31/h7-10,21,25,27,32H,5-6,11-20,31H2,1-4H3,(H,33,36)/t25-,27?/m0/s1. The predicted octanol–water partition coefficient (Wildman–Crippen LogP) is 2.74. The number of benzene rings is 1. The van der Waals surface area contributed by atoms with Crippen LogP contribution in [0.5, 0.6) is 0 Å². The van der Waals surface area contributed by atoms with Gasteiger partial charge in [-0.15, -0.1) is 11.3 Å². The zero-order valence-electron chi connectivity index (χ0n) is 24.9. The van der Waals surface area contributed by atoms with E-state index < -0.39 is 12.1 Å². The molecule has 11 heteroatoms. The lowest BCUT2D eigenvalue weighted by Gasteiger charge is -2.35. The van der Waals surface area contributed by atoms with Crippen molar-refractivity contribution in [1.29, 1.82) is 0 Å². The van der Waals surface area contributed by atoms with Crippen LogP contribution < -0.4 is 16.4 Å². The van der Waals surface area contributed by atoms with Crippen molar-refractivity contribution in [3.63, 3.8) is 0 Å². The molecular formula is C30H47N5O5S. The lowest BCUT2D eigenvalue weighted by molar-refractivity contribution is -0.142. The van der Waals surface area contributed by atoms with Gasteiger partial charge in [0.05, 0.1) is 61.8 Å². The first-order valence-corrected chi connectivity index (χ1v) is 15.3. The van der Waals surface area contributed by atoms with Crippen molar-refractivity contribution in [3.05, 3.63) is 41.0 Å². The van der Waals surface area contributed by atoms with Crippen molar-refractivity contribution in [1.82, 2.24) is 20.5 Å². The van der Waals surface area contributed by atoms with Gasteiger partial charge in [0, 0.05) is 26.2 Å². The molecule has 0 spiro atoms. The first-order chi connectivity index (χ1) is 19.7. The first kappa shape index (κ1) is 33.1. The van der Waals surface area contributed by atoms with Crippen LogP contribution in [-0.2, 0) is 30.3 Å². The second-order valence-corrected chi connectivity index (χ2v) is 12.1. The SMILES string of the molecule is Cc1ncsc1-c1ccc(CNC(=O)[C@@H]2CCCN2C(=O)C(NCCOCCOCCOCCN)C(C)(C)C)cc1. The molecule has 2 aromatic rings. The Morgan fingerprint density at radius 2 is 1.73 bits per heavy atom. The smallest absolute Gasteiger partial charge is 0.243 e. The zero-order valence-corrected chi connectivity index (χ0v) is 25.8. The van der Waals surface area contributed by atoms with Crippen LogP contribution in [0, 0.1) is 12.3 Å². The number of likely N-dealkylation sites (tertiary alicyclic amines) is 1. The molecule has 41 heavy (non-hydrogen) atoms. The molecule has 1 saturated heterocycles. The maximum atomic E-state index is 13.7. The molecule has 0 saturated carbocycles. The lowest BCUT2D eigenvalue weighted by Crippen LogP contribution is -2.57. The topological polar surface area (TPSA) is 128 Å². The third kappa shape index (κ3) is 10.4. The van der Waals surface area contributed by atoms with E-state index in [-0.39, 0.29) is 17.2 Å². The summed E-state index contributed by atoms with van der Waals surface area (Å²) < 4.78 is 16.4. The van der Waals surface area contributed by atoms with Crippen molar-refractivity contribution >= 4 is 23.2 Å². The molecule has 0 aliphatic carbocycles. The number of thiazole rings is 1. The quantitative estimate of drug-likeness (QED) is 0.241. The van der Waals surface area contributed by atoms with E-state index in [1.54, 1.807) is 16.2 Å². The normalized spacial score (nSPS) is 16.2. The Balaban J connectivity index is 1.44. The largest absolute Gasteiger partial charge is 0.378 e. The number of aryl methyl sites for hydroxylation is 1. The van der Waals surface area contributed by atoms with Gasteiger partial charge in [-0.25, -0.2) is 4.98 Å². The number of hydrogen-bond donors (Lipinski definition) is 3. The van der Waals surface area contributed by atoms with Gasteiger partial charge < -0.3 is 35.5 Å². The fourth-order valence-electron chi connectivity index (χ4n) is 4.79. The maximum absolute atomic E-state index is 13.7. The van der Waals surface area contributed by atoms with Crippen LogP contribution in [0.4, 0.5) is 0 Å². The third-order valence-electron chi connectivity index (χ3n) is 6.98. The Bertz CT molecular complexity index is 1070. The number of rotatable bonds is 17. The maximum Gasteiger partial charge on any atom is 0.243 e. The van der Waals surface area contributed by atoms with Crippen LogP contribution in [0.25, 0.3) is 10.4 Å². The van der Waals surface area contributed by atoms with Gasteiger partial charge >= 0.3 is 0 Å². The molecular weight excluding hydrogens is 542 g/mol. The summed E-state index contributed by atoms with van der Waals surface area (Å²) >= 11 is 1.62. The van der Waals surface area contributed by atoms with Crippen molar-refractivity contribution in [2.45, 2.75) is 59.2 Å². The van der Waals surface area contributed by atoms with E-state index in [0.29, 0.717) is 72.2 Å². The highest BCUT2D eigenvalue weighted by atomic mass is 32.1. The minimum absolute atomic E-state index is 0.0414. The van der Waals surface area contributed by atoms with Crippen molar-refractivity contribution in [3.8, 4) is 10.4 Å². The molecule has 10 nitrogen and oxygen atoms in total. The van der Waals surface area contributed by atoms with E-state index in [2.05, 4.69) is 27.8 Å². The number of ether oxygens (including phenoxy) is 3. The second-order valence-electron chi connectivity index (χ2n) is 11.3. The van der Waals surface area contributed by atoms with Crippen LogP contribution in [-0.4, -0.2) is 93.1 Å². The molecule has 1 aliphatic heterocycles. The molecule has 1 fully saturated rings. The fourth-order valence-corrected chi connectivity index (χ4v) is 5.61. The molecule has 0 bridgehead atoms. The van der Waals surface area contributed by atoms with Crippen LogP contribution in [0.2, 0.25) is 0 Å². The summed E-state index contributed by atoms with van der Waals surface area (Å²) in [5.74, 6) is -0.150. The van der Waals surface area contributed by atoms with E-state index in [9.17, 15) is 9.59 Å². The minimum atomic E-state index is -0.463. The van der Waals surface area contributed by atoms with Crippen molar-refractivity contribution in [2.75, 3.05) is 59.3 Å². The van der Waals surface area contributed by atoms with Gasteiger partial charge in [0.15, 0.2) is 0 Å². The van der Waals surface area contributed by atoms with E-state index in [0.717, 1.165) is 28.1 Å². The van der Waals surface area contributed by atoms with Gasteiger partial charge in [-0.1, -0.05) is 45.0 Å². The number of nitrogens with one attached hydrogen (secondary N) is 2. The molecule has 1 aliphatic rings. The van der Waals surface area contributed by atoms with Crippen LogP contribution >= 0.6 is 11.3 Å². The Hall–Kier alpha value is -2.41. The molecule has 1 unspecified atom stereocenters. The molecule has 3 rings (SSSR count). The van der Waals surface area contributed by atoms with Gasteiger partial charge in [-0.3, -0.25) is 9.59 Å². The van der Waals surface area contributed by atoms with Crippen molar-refractivity contribution in [2.24, 2.45) is 11.1 Å². The summed E-state index contributed by atoms with van der Waals surface area (Å²) in [6.45, 7) is 13.1. The fraction of sp³-hybridized carbons (Fsp3) is 0.633. The number of hydrogen-bond acceptors (Lipinski definition) is 9. The average molecular weight is 590 g/mol. The number of nitrogens with zero attached hydrogens (tertiary/aromatic N) is 2. The summed E-state index contributed by atoms with van der Waals surface area (Å²) in [5.41, 5.74) is 10.0. The summed E-state index contributed by atoms with van der Waals surface area (Å²) in [6, 6.07) is 7.27. The van der Waals surface area contributed by atoms with Gasteiger partial charge in [0.2, 0.25) is 11.8 Å². The zero-order chi connectivity index (χ0) is 29.7. The lowest BCUT2D eigenvalue weighted by atomic mass is 9.85. The van der Waals surface area contributed by atoms with Crippen LogP contribution in [0.15, 0.2) is 29.8 Å². The predicted molar refractivity (Wildman–Crippen MR) is 162 cm³/mol.